The van der Waals surface area contributed by atoms with Crippen LogP contribution in [-0.4, -0.2) is 51.2 Å². The molecule has 0 unspecified atom stereocenters. The van der Waals surface area contributed by atoms with Crippen molar-refractivity contribution >= 4 is 6.09 Å². The zero-order chi connectivity index (χ0) is 17.2. The molecule has 1 amide bonds. The molecule has 1 N–H and O–H groups in total. The summed E-state index contributed by atoms with van der Waals surface area (Å²) < 4.78 is 7.51. The van der Waals surface area contributed by atoms with Gasteiger partial charge in [0.15, 0.2) is 0 Å². The average molecular weight is 323 g/mol. The molecule has 23 heavy (non-hydrogen) atoms. The van der Waals surface area contributed by atoms with Crippen LogP contribution in [0.3, 0.4) is 0 Å². The van der Waals surface area contributed by atoms with E-state index in [1.807, 2.05) is 27.7 Å². The van der Waals surface area contributed by atoms with Crippen LogP contribution in [0.15, 0.2) is 0 Å². The van der Waals surface area contributed by atoms with Gasteiger partial charge in [0.1, 0.15) is 5.60 Å². The van der Waals surface area contributed by atoms with Gasteiger partial charge in [-0.25, -0.2) is 4.79 Å². The topological polar surface area (TPSA) is 67.6 Å². The minimum Gasteiger partial charge on any atom is -0.444 e. The maximum Gasteiger partial charge on any atom is 0.410 e. The number of hydrogen-bond donors (Lipinski definition) is 1. The molecule has 0 saturated carbocycles. The summed E-state index contributed by atoms with van der Waals surface area (Å²) in [6.45, 7) is 11.2. The molecule has 0 bridgehead atoms. The van der Waals surface area contributed by atoms with Crippen LogP contribution in [0.2, 0.25) is 0 Å². The van der Waals surface area contributed by atoms with Crippen LogP contribution in [0, 0.1) is 13.8 Å². The lowest BCUT2D eigenvalue weighted by Gasteiger charge is -2.34. The maximum atomic E-state index is 12.1. The molecule has 6 nitrogen and oxygen atoms in total. The fourth-order valence-electron chi connectivity index (χ4n) is 3.15. The predicted molar refractivity (Wildman–Crippen MR) is 88.6 cm³/mol. The van der Waals surface area contributed by atoms with E-state index in [1.54, 1.807) is 4.90 Å². The largest absolute Gasteiger partial charge is 0.444 e. The molecule has 1 saturated heterocycles. The van der Waals surface area contributed by atoms with E-state index in [9.17, 15) is 9.90 Å². The molecule has 0 radical (unpaired) electrons. The first kappa shape index (κ1) is 17.8. The van der Waals surface area contributed by atoms with Crippen molar-refractivity contribution in [3.63, 3.8) is 0 Å². The number of amides is 1. The molecular formula is C17H29N3O3. The van der Waals surface area contributed by atoms with Crippen LogP contribution in [0.25, 0.3) is 0 Å². The van der Waals surface area contributed by atoms with Crippen molar-refractivity contribution in [1.82, 2.24) is 14.7 Å². The molecule has 0 spiro atoms. The second-order valence-corrected chi connectivity index (χ2v) is 7.27. The van der Waals surface area contributed by atoms with Gasteiger partial charge in [-0.3, -0.25) is 4.68 Å². The molecule has 0 aliphatic carbocycles. The van der Waals surface area contributed by atoms with E-state index >= 15 is 0 Å². The third-order valence-corrected chi connectivity index (χ3v) is 4.30. The highest BCUT2D eigenvalue weighted by molar-refractivity contribution is 5.68. The zero-order valence-electron chi connectivity index (χ0n) is 14.9. The number of carbonyl (C=O) groups excluding carboxylic acids is 1. The number of nitrogens with zero attached hydrogens (tertiary/aromatic N) is 3. The highest BCUT2D eigenvalue weighted by Crippen LogP contribution is 2.27. The van der Waals surface area contributed by atoms with Crippen molar-refractivity contribution in [3.05, 3.63) is 17.0 Å². The third-order valence-electron chi connectivity index (χ3n) is 4.30. The van der Waals surface area contributed by atoms with Crippen molar-refractivity contribution in [3.8, 4) is 0 Å². The van der Waals surface area contributed by atoms with Gasteiger partial charge in [0.25, 0.3) is 0 Å². The number of ether oxygens (including phenoxy) is 1. The van der Waals surface area contributed by atoms with Gasteiger partial charge in [-0.2, -0.15) is 5.10 Å². The minimum absolute atomic E-state index is 0.143. The van der Waals surface area contributed by atoms with Gasteiger partial charge in [-0.15, -0.1) is 0 Å². The first-order chi connectivity index (χ1) is 10.7. The standard InChI is InChI=1S/C17H29N3O3/c1-12-15(8-11-21)13(2)20(18-12)14-6-9-19(10-7-14)16(22)23-17(3,4)5/h14,21H,6-11H2,1-5H3. The molecule has 1 aliphatic heterocycles. The summed E-state index contributed by atoms with van der Waals surface area (Å²) in [6.07, 6.45) is 2.17. The second kappa shape index (κ2) is 6.91. The Balaban J connectivity index is 2.00. The van der Waals surface area contributed by atoms with E-state index in [1.165, 1.54) is 0 Å². The average Bonchev–Trinajstić information content (AvgIpc) is 2.74. The van der Waals surface area contributed by atoms with E-state index in [0.29, 0.717) is 25.6 Å². The second-order valence-electron chi connectivity index (χ2n) is 7.27. The molecule has 0 atom stereocenters. The van der Waals surface area contributed by atoms with Crippen molar-refractivity contribution in [2.75, 3.05) is 19.7 Å². The van der Waals surface area contributed by atoms with Gasteiger partial charge in [-0.05, 0) is 59.4 Å². The summed E-state index contributed by atoms with van der Waals surface area (Å²) in [6, 6.07) is 0.305. The third kappa shape index (κ3) is 4.25. The number of aromatic nitrogens is 2. The molecule has 1 fully saturated rings. The molecule has 1 aliphatic rings. The fraction of sp³-hybridized carbons (Fsp3) is 0.765. The number of aliphatic hydroxyl groups excluding tert-OH is 1. The van der Waals surface area contributed by atoms with Crippen molar-refractivity contribution < 1.29 is 14.6 Å². The molecule has 1 aromatic heterocycles. The van der Waals surface area contributed by atoms with E-state index in [-0.39, 0.29) is 12.7 Å². The Labute approximate surface area is 138 Å². The summed E-state index contributed by atoms with van der Waals surface area (Å²) in [5.41, 5.74) is 2.81. The maximum absolute atomic E-state index is 12.1. The molecule has 130 valence electrons. The number of piperidine rings is 1. The molecular weight excluding hydrogens is 294 g/mol. The lowest BCUT2D eigenvalue weighted by atomic mass is 10.0. The van der Waals surface area contributed by atoms with Gasteiger partial charge >= 0.3 is 6.09 Å². The quantitative estimate of drug-likeness (QED) is 0.928. The Kier molecular flexibility index (Phi) is 5.34. The van der Waals surface area contributed by atoms with Crippen LogP contribution < -0.4 is 0 Å². The number of carbonyl (C=O) groups is 1. The highest BCUT2D eigenvalue weighted by Gasteiger charge is 2.29. The first-order valence-corrected chi connectivity index (χ1v) is 8.36. The normalized spacial score (nSPS) is 16.7. The molecule has 2 rings (SSSR count). The Hall–Kier alpha value is -1.56. The van der Waals surface area contributed by atoms with Crippen LogP contribution in [-0.2, 0) is 11.2 Å². The van der Waals surface area contributed by atoms with Gasteiger partial charge in [0, 0.05) is 25.4 Å². The van der Waals surface area contributed by atoms with Crippen molar-refractivity contribution in [2.45, 2.75) is 65.5 Å². The number of rotatable bonds is 3. The molecule has 2 heterocycles. The van der Waals surface area contributed by atoms with Crippen LogP contribution >= 0.6 is 0 Å². The Morgan fingerprint density at radius 3 is 2.43 bits per heavy atom. The van der Waals surface area contributed by atoms with Gasteiger partial charge in [0.2, 0.25) is 0 Å². The Morgan fingerprint density at radius 1 is 1.30 bits per heavy atom. The molecule has 1 aromatic rings. The lowest BCUT2D eigenvalue weighted by molar-refractivity contribution is 0.0184. The summed E-state index contributed by atoms with van der Waals surface area (Å²) in [7, 11) is 0. The fourth-order valence-corrected chi connectivity index (χ4v) is 3.15. The summed E-state index contributed by atoms with van der Waals surface area (Å²) in [5.74, 6) is 0. The summed E-state index contributed by atoms with van der Waals surface area (Å²) in [5, 5.41) is 13.8. The van der Waals surface area contributed by atoms with Crippen LogP contribution in [0.5, 0.6) is 0 Å². The minimum atomic E-state index is -0.456. The van der Waals surface area contributed by atoms with Crippen molar-refractivity contribution in [2.24, 2.45) is 0 Å². The van der Waals surface area contributed by atoms with Gasteiger partial charge < -0.3 is 14.7 Å². The lowest BCUT2D eigenvalue weighted by Crippen LogP contribution is -2.42. The predicted octanol–water partition coefficient (Wildman–Crippen LogP) is 2.61. The molecule has 6 heteroatoms. The first-order valence-electron chi connectivity index (χ1n) is 8.36. The van der Waals surface area contributed by atoms with Crippen molar-refractivity contribution in [1.29, 1.82) is 0 Å². The van der Waals surface area contributed by atoms with Crippen LogP contribution in [0.1, 0.15) is 56.6 Å². The SMILES string of the molecule is Cc1nn(C2CCN(C(=O)OC(C)(C)C)CC2)c(C)c1CCO. The summed E-state index contributed by atoms with van der Waals surface area (Å²) in [4.78, 5) is 13.9. The number of hydrogen-bond acceptors (Lipinski definition) is 4. The number of aryl methyl sites for hydroxylation is 1. The number of aliphatic hydroxyl groups is 1. The van der Waals surface area contributed by atoms with Gasteiger partial charge in [-0.1, -0.05) is 0 Å². The van der Waals surface area contributed by atoms with E-state index in [4.69, 9.17) is 4.74 Å². The van der Waals surface area contributed by atoms with Gasteiger partial charge in [0.05, 0.1) is 11.7 Å². The number of likely N-dealkylation sites (tertiary alicyclic amines) is 1. The van der Waals surface area contributed by atoms with E-state index in [2.05, 4.69) is 16.7 Å². The highest BCUT2D eigenvalue weighted by atomic mass is 16.6. The Bertz CT molecular complexity index is 552. The van der Waals surface area contributed by atoms with E-state index in [0.717, 1.165) is 29.8 Å². The van der Waals surface area contributed by atoms with Crippen LogP contribution in [0.4, 0.5) is 4.79 Å². The smallest absolute Gasteiger partial charge is 0.410 e. The monoisotopic (exact) mass is 323 g/mol. The molecule has 0 aromatic carbocycles. The summed E-state index contributed by atoms with van der Waals surface area (Å²) >= 11 is 0. The Morgan fingerprint density at radius 2 is 1.91 bits per heavy atom. The van der Waals surface area contributed by atoms with E-state index < -0.39 is 5.60 Å². The zero-order valence-corrected chi connectivity index (χ0v) is 14.9.